The molecule has 6 heteroatoms. The van der Waals surface area contributed by atoms with Gasteiger partial charge >= 0.3 is 0 Å². The summed E-state index contributed by atoms with van der Waals surface area (Å²) in [7, 11) is 0. The van der Waals surface area contributed by atoms with Crippen LogP contribution in [0.4, 0.5) is 15.8 Å². The summed E-state index contributed by atoms with van der Waals surface area (Å²) in [6.07, 6.45) is 1.61. The monoisotopic (exact) mass is 328 g/mol. The van der Waals surface area contributed by atoms with Gasteiger partial charge in [0.05, 0.1) is 0 Å². The van der Waals surface area contributed by atoms with Crippen molar-refractivity contribution in [2.75, 3.05) is 38.0 Å². The fourth-order valence-electron chi connectivity index (χ4n) is 2.75. The van der Waals surface area contributed by atoms with Crippen LogP contribution in [0.25, 0.3) is 0 Å². The minimum Gasteiger partial charge on any atom is -0.355 e. The van der Waals surface area contributed by atoms with Gasteiger partial charge in [0.25, 0.3) is 5.91 Å². The van der Waals surface area contributed by atoms with Crippen LogP contribution in [0, 0.1) is 5.82 Å². The van der Waals surface area contributed by atoms with E-state index in [1.807, 2.05) is 4.90 Å². The summed E-state index contributed by atoms with van der Waals surface area (Å²) in [6.45, 7) is 6.39. The maximum absolute atomic E-state index is 13.0. The van der Waals surface area contributed by atoms with Crippen molar-refractivity contribution in [2.24, 2.45) is 0 Å². The van der Waals surface area contributed by atoms with Gasteiger partial charge in [0.2, 0.25) is 0 Å². The van der Waals surface area contributed by atoms with E-state index < -0.39 is 0 Å². The predicted molar refractivity (Wildman–Crippen MR) is 91.9 cm³/mol. The molecule has 0 unspecified atom stereocenters. The van der Waals surface area contributed by atoms with Crippen molar-refractivity contribution in [3.05, 3.63) is 54.1 Å². The number of rotatable bonds is 4. The molecule has 2 heterocycles. The van der Waals surface area contributed by atoms with Crippen LogP contribution in [-0.2, 0) is 0 Å². The molecule has 0 atom stereocenters. The summed E-state index contributed by atoms with van der Waals surface area (Å²) >= 11 is 0. The Morgan fingerprint density at radius 3 is 2.50 bits per heavy atom. The van der Waals surface area contributed by atoms with Crippen molar-refractivity contribution in [3.8, 4) is 0 Å². The highest BCUT2D eigenvalue weighted by molar-refractivity contribution is 5.93. The maximum Gasteiger partial charge on any atom is 0.272 e. The van der Waals surface area contributed by atoms with Crippen LogP contribution in [0.1, 0.15) is 17.4 Å². The zero-order valence-electron chi connectivity index (χ0n) is 13.7. The molecular formula is C18H21FN4O. The SMILES string of the molecule is CCN1CCN(C(=O)c2cc(Nc3ccc(F)cc3)ccn2)CC1. The van der Waals surface area contributed by atoms with Crippen LogP contribution in [-0.4, -0.2) is 53.4 Å². The summed E-state index contributed by atoms with van der Waals surface area (Å²) in [5, 5.41) is 3.16. The standard InChI is InChI=1S/C18H21FN4O/c1-2-22-9-11-23(12-10-22)18(24)17-13-16(7-8-20-17)21-15-5-3-14(19)4-6-15/h3-8,13H,2,9-12H2,1H3,(H,20,21). The fourth-order valence-corrected chi connectivity index (χ4v) is 2.75. The van der Waals surface area contributed by atoms with Crippen molar-refractivity contribution < 1.29 is 9.18 Å². The Hall–Kier alpha value is -2.47. The van der Waals surface area contributed by atoms with Crippen LogP contribution in [0.5, 0.6) is 0 Å². The highest BCUT2D eigenvalue weighted by Crippen LogP contribution is 2.18. The average molecular weight is 328 g/mol. The van der Waals surface area contributed by atoms with Gasteiger partial charge < -0.3 is 15.1 Å². The van der Waals surface area contributed by atoms with E-state index in [0.29, 0.717) is 5.69 Å². The molecule has 0 saturated carbocycles. The van der Waals surface area contributed by atoms with Gasteiger partial charge in [-0.05, 0) is 42.9 Å². The number of nitrogens with one attached hydrogen (secondary N) is 1. The molecule has 2 aromatic rings. The number of aromatic nitrogens is 1. The number of likely N-dealkylation sites (N-methyl/N-ethyl adjacent to an activating group) is 1. The maximum atomic E-state index is 13.0. The van der Waals surface area contributed by atoms with Crippen LogP contribution in [0.3, 0.4) is 0 Å². The Morgan fingerprint density at radius 2 is 1.83 bits per heavy atom. The molecule has 0 aliphatic carbocycles. The van der Waals surface area contributed by atoms with Gasteiger partial charge in [-0.1, -0.05) is 6.92 Å². The number of piperazine rings is 1. The Balaban J connectivity index is 1.68. The molecule has 1 aromatic carbocycles. The second-order valence-corrected chi connectivity index (χ2v) is 5.79. The van der Waals surface area contributed by atoms with Gasteiger partial charge in [0.15, 0.2) is 0 Å². The molecular weight excluding hydrogens is 307 g/mol. The normalized spacial score (nSPS) is 15.3. The van der Waals surface area contributed by atoms with Crippen LogP contribution in [0.2, 0.25) is 0 Å². The molecule has 1 N–H and O–H groups in total. The third kappa shape index (κ3) is 3.89. The number of anilines is 2. The molecule has 1 fully saturated rings. The Bertz CT molecular complexity index is 696. The van der Waals surface area contributed by atoms with Gasteiger partial charge in [0.1, 0.15) is 11.5 Å². The summed E-state index contributed by atoms with van der Waals surface area (Å²) in [4.78, 5) is 21.0. The van der Waals surface area contributed by atoms with Crippen molar-refractivity contribution in [1.29, 1.82) is 0 Å². The number of hydrogen-bond donors (Lipinski definition) is 1. The fraction of sp³-hybridized carbons (Fsp3) is 0.333. The molecule has 0 bridgehead atoms. The van der Waals surface area contributed by atoms with E-state index in [1.165, 1.54) is 12.1 Å². The predicted octanol–water partition coefficient (Wildman–Crippen LogP) is 2.74. The largest absolute Gasteiger partial charge is 0.355 e. The molecule has 0 radical (unpaired) electrons. The lowest BCUT2D eigenvalue weighted by Gasteiger charge is -2.33. The molecule has 1 aliphatic heterocycles. The highest BCUT2D eigenvalue weighted by Gasteiger charge is 2.22. The zero-order chi connectivity index (χ0) is 16.9. The van der Waals surface area contributed by atoms with Gasteiger partial charge in [-0.3, -0.25) is 9.78 Å². The van der Waals surface area contributed by atoms with Crippen molar-refractivity contribution in [1.82, 2.24) is 14.8 Å². The second-order valence-electron chi connectivity index (χ2n) is 5.79. The number of pyridine rings is 1. The minimum absolute atomic E-state index is 0.0477. The first kappa shape index (κ1) is 16.4. The summed E-state index contributed by atoms with van der Waals surface area (Å²) in [6, 6.07) is 9.61. The molecule has 1 amide bonds. The average Bonchev–Trinajstić information content (AvgIpc) is 2.63. The Morgan fingerprint density at radius 1 is 1.12 bits per heavy atom. The highest BCUT2D eigenvalue weighted by atomic mass is 19.1. The molecule has 1 saturated heterocycles. The van der Waals surface area contributed by atoms with E-state index in [0.717, 1.165) is 44.1 Å². The van der Waals surface area contributed by atoms with Crippen molar-refractivity contribution in [3.63, 3.8) is 0 Å². The minimum atomic E-state index is -0.280. The van der Waals surface area contributed by atoms with E-state index in [1.54, 1.807) is 30.5 Å². The van der Waals surface area contributed by atoms with Crippen molar-refractivity contribution in [2.45, 2.75) is 6.92 Å². The number of benzene rings is 1. The van der Waals surface area contributed by atoms with Crippen LogP contribution < -0.4 is 5.32 Å². The van der Waals surface area contributed by atoms with E-state index in [2.05, 4.69) is 22.1 Å². The molecule has 126 valence electrons. The molecule has 24 heavy (non-hydrogen) atoms. The molecule has 1 aliphatic rings. The number of hydrogen-bond acceptors (Lipinski definition) is 4. The van der Waals surface area contributed by atoms with E-state index >= 15 is 0 Å². The number of nitrogens with zero attached hydrogens (tertiary/aromatic N) is 3. The lowest BCUT2D eigenvalue weighted by molar-refractivity contribution is 0.0637. The van der Waals surface area contributed by atoms with Crippen LogP contribution in [0.15, 0.2) is 42.6 Å². The van der Waals surface area contributed by atoms with Gasteiger partial charge in [-0.15, -0.1) is 0 Å². The number of amides is 1. The molecule has 1 aromatic heterocycles. The number of halogens is 1. The Kier molecular flexibility index (Phi) is 5.05. The first-order valence-electron chi connectivity index (χ1n) is 8.16. The summed E-state index contributed by atoms with van der Waals surface area (Å²) in [5.74, 6) is -0.328. The van der Waals surface area contributed by atoms with Gasteiger partial charge in [0, 0.05) is 43.8 Å². The first-order chi connectivity index (χ1) is 11.7. The lowest BCUT2D eigenvalue weighted by atomic mass is 10.2. The third-order valence-electron chi connectivity index (χ3n) is 4.22. The molecule has 0 spiro atoms. The van der Waals surface area contributed by atoms with Gasteiger partial charge in [-0.25, -0.2) is 4.39 Å². The smallest absolute Gasteiger partial charge is 0.272 e. The number of carbonyl (C=O) groups is 1. The van der Waals surface area contributed by atoms with E-state index in [-0.39, 0.29) is 11.7 Å². The first-order valence-corrected chi connectivity index (χ1v) is 8.16. The topological polar surface area (TPSA) is 48.5 Å². The Labute approximate surface area is 141 Å². The van der Waals surface area contributed by atoms with Gasteiger partial charge in [-0.2, -0.15) is 0 Å². The quantitative estimate of drug-likeness (QED) is 0.937. The zero-order valence-corrected chi connectivity index (χ0v) is 13.7. The van der Waals surface area contributed by atoms with E-state index in [4.69, 9.17) is 0 Å². The van der Waals surface area contributed by atoms with Crippen molar-refractivity contribution >= 4 is 17.3 Å². The summed E-state index contributed by atoms with van der Waals surface area (Å²) < 4.78 is 13.0. The number of carbonyl (C=O) groups excluding carboxylic acids is 1. The lowest BCUT2D eigenvalue weighted by Crippen LogP contribution is -2.48. The molecule has 3 rings (SSSR count). The third-order valence-corrected chi connectivity index (χ3v) is 4.22. The van der Waals surface area contributed by atoms with E-state index in [9.17, 15) is 9.18 Å². The molecule has 5 nitrogen and oxygen atoms in total. The van der Waals surface area contributed by atoms with Crippen LogP contribution >= 0.6 is 0 Å². The summed E-state index contributed by atoms with van der Waals surface area (Å²) in [5.41, 5.74) is 1.94. The second kappa shape index (κ2) is 7.40.